The Morgan fingerprint density at radius 3 is 2.25 bits per heavy atom. The van der Waals surface area contributed by atoms with Gasteiger partial charge < -0.3 is 5.53 Å². The van der Waals surface area contributed by atoms with Crippen molar-refractivity contribution in [1.29, 1.82) is 0 Å². The smallest absolute Gasteiger partial charge is 0.359 e. The molecule has 0 aromatic carbocycles. The van der Waals surface area contributed by atoms with Gasteiger partial charge in [-0.15, -0.1) is 11.6 Å². The van der Waals surface area contributed by atoms with E-state index in [-0.39, 0.29) is 38.7 Å². The van der Waals surface area contributed by atoms with E-state index in [9.17, 15) is 18.7 Å². The van der Waals surface area contributed by atoms with E-state index in [0.29, 0.717) is 38.0 Å². The molecule has 2 saturated carbocycles. The van der Waals surface area contributed by atoms with Gasteiger partial charge in [-0.25, -0.2) is 0 Å². The van der Waals surface area contributed by atoms with Crippen LogP contribution in [-0.2, 0) is 19.1 Å². The molecule has 3 unspecified atom stereocenters. The van der Waals surface area contributed by atoms with Gasteiger partial charge in [0, 0.05) is 23.3 Å². The third-order valence-corrected chi connectivity index (χ3v) is 9.36. The summed E-state index contributed by atoms with van der Waals surface area (Å²) in [4.78, 5) is 15.7. The molecule has 0 aromatic heterocycles. The highest BCUT2D eigenvalue weighted by Gasteiger charge is 2.49. The molecule has 0 aromatic rings. The van der Waals surface area contributed by atoms with E-state index in [4.69, 9.17) is 15.8 Å². The average molecular weight is 485 g/mol. The quantitative estimate of drug-likeness (QED) is 0.222. The minimum atomic E-state index is -4.05. The summed E-state index contributed by atoms with van der Waals surface area (Å²) in [5, 5.41) is -0.185. The molecule has 0 spiro atoms. The van der Waals surface area contributed by atoms with Crippen LogP contribution >= 0.6 is 11.6 Å². The lowest BCUT2D eigenvalue weighted by atomic mass is 9.64. The van der Waals surface area contributed by atoms with Gasteiger partial charge in [0.2, 0.25) is 5.78 Å². The van der Waals surface area contributed by atoms with Gasteiger partial charge in [-0.05, 0) is 68.1 Å². The van der Waals surface area contributed by atoms with Gasteiger partial charge in [-0.2, -0.15) is 13.2 Å². The second-order valence-electron chi connectivity index (χ2n) is 11.8. The summed E-state index contributed by atoms with van der Waals surface area (Å²) in [6, 6.07) is 0. The molecule has 180 valence electrons. The Morgan fingerprint density at radius 1 is 1.06 bits per heavy atom. The number of alkyl halides is 1. The number of hydrogen-bond acceptors (Lipinski definition) is 4. The number of hydrogen-bond donors (Lipinski definition) is 0. The first kappa shape index (κ1) is 25.6. The number of carbonyl (C=O) groups excluding carboxylic acids is 1. The van der Waals surface area contributed by atoms with Gasteiger partial charge in [0.25, 0.3) is 10.1 Å². The zero-order valence-corrected chi connectivity index (χ0v) is 21.5. The topological polar surface area (TPSA) is 96.8 Å². The lowest BCUT2D eigenvalue weighted by Crippen LogP contribution is -2.42. The van der Waals surface area contributed by atoms with Crippen LogP contribution in [0.4, 0.5) is 0 Å². The number of Topliss-reactive ketones (excluding diaryl/α,β-unsaturated/α-hetero) is 1. The van der Waals surface area contributed by atoms with E-state index >= 15 is 0 Å². The van der Waals surface area contributed by atoms with Crippen molar-refractivity contribution < 1.29 is 22.2 Å². The van der Waals surface area contributed by atoms with Crippen molar-refractivity contribution in [2.75, 3.05) is 0 Å². The first-order valence-electron chi connectivity index (χ1n) is 11.8. The molecule has 0 aliphatic heterocycles. The van der Waals surface area contributed by atoms with Gasteiger partial charge in [0.05, 0.1) is 11.0 Å². The lowest BCUT2D eigenvalue weighted by Gasteiger charge is -2.42. The fourth-order valence-electron chi connectivity index (χ4n) is 6.27. The predicted octanol–water partition coefficient (Wildman–Crippen LogP) is 5.52. The summed E-state index contributed by atoms with van der Waals surface area (Å²) in [6.45, 7) is 11.4. The maximum Gasteiger partial charge on any atom is 0.359 e. The van der Waals surface area contributed by atoms with Crippen molar-refractivity contribution in [2.45, 2.75) is 97.5 Å². The Bertz CT molecular complexity index is 920. The monoisotopic (exact) mass is 484 g/mol. The molecule has 0 bridgehead atoms. The second-order valence-corrected chi connectivity index (χ2v) is 14.0. The average Bonchev–Trinajstić information content (AvgIpc) is 2.67. The van der Waals surface area contributed by atoms with Gasteiger partial charge in [-0.1, -0.05) is 34.6 Å². The SMILES string of the molecule is CC(C)(C)CC(C)(C)C1CCC(OS(=O)(=O)C2=CC(=[N+]=[N-])C(=O)C3CC(Cl)CCC23)CC1. The largest absolute Gasteiger partial charge is 0.361 e. The van der Waals surface area contributed by atoms with Crippen LogP contribution in [0, 0.1) is 28.6 Å². The van der Waals surface area contributed by atoms with Crippen LogP contribution in [0.15, 0.2) is 11.0 Å². The van der Waals surface area contributed by atoms with Crippen LogP contribution in [-0.4, -0.2) is 36.2 Å². The summed E-state index contributed by atoms with van der Waals surface area (Å²) in [6.07, 6.45) is 6.74. The van der Waals surface area contributed by atoms with E-state index in [1.54, 1.807) is 0 Å². The van der Waals surface area contributed by atoms with Crippen molar-refractivity contribution >= 4 is 33.2 Å². The van der Waals surface area contributed by atoms with Gasteiger partial charge in [-0.3, -0.25) is 8.98 Å². The van der Waals surface area contributed by atoms with Crippen LogP contribution in [0.1, 0.15) is 86.0 Å². The molecule has 0 amide bonds. The van der Waals surface area contributed by atoms with Crippen molar-refractivity contribution in [3.63, 3.8) is 0 Å². The summed E-state index contributed by atoms with van der Waals surface area (Å²) in [7, 11) is -4.05. The standard InChI is InChI=1S/C24H37ClN2O4S/c1-23(2,3)14-24(4,5)15-6-9-17(10-7-15)31-32(29,30)21-13-20(27-26)22(28)19-12-16(25)8-11-18(19)21/h13,15-19H,6-12,14H2,1-5H3. The van der Waals surface area contributed by atoms with Crippen molar-refractivity contribution in [1.82, 2.24) is 0 Å². The molecular formula is C24H37ClN2O4S. The first-order chi connectivity index (χ1) is 14.7. The number of fused-ring (bicyclic) bond motifs is 1. The van der Waals surface area contributed by atoms with Crippen molar-refractivity contribution in [3.05, 3.63) is 16.5 Å². The first-order valence-corrected chi connectivity index (χ1v) is 13.6. The Labute approximate surface area is 197 Å². The van der Waals surface area contributed by atoms with Crippen LogP contribution < -0.4 is 0 Å². The molecular weight excluding hydrogens is 448 g/mol. The normalized spacial score (nSPS) is 32.2. The zero-order chi connectivity index (χ0) is 23.9. The third kappa shape index (κ3) is 5.72. The summed E-state index contributed by atoms with van der Waals surface area (Å²) in [5.41, 5.74) is 9.47. The number of nitrogens with zero attached hydrogens (tertiary/aromatic N) is 2. The number of allylic oxidation sites excluding steroid dienone is 2. The maximum absolute atomic E-state index is 13.3. The summed E-state index contributed by atoms with van der Waals surface area (Å²) < 4.78 is 32.2. The van der Waals surface area contributed by atoms with Crippen LogP contribution in [0.25, 0.3) is 5.53 Å². The van der Waals surface area contributed by atoms with Crippen LogP contribution in [0.3, 0.4) is 0 Å². The van der Waals surface area contributed by atoms with Crippen LogP contribution in [0.5, 0.6) is 0 Å². The molecule has 0 heterocycles. The fourth-order valence-corrected chi connectivity index (χ4v) is 8.16. The summed E-state index contributed by atoms with van der Waals surface area (Å²) in [5.74, 6) is -0.852. The second kappa shape index (κ2) is 9.32. The highest BCUT2D eigenvalue weighted by Crippen LogP contribution is 2.47. The molecule has 3 aliphatic carbocycles. The van der Waals surface area contributed by atoms with E-state index in [1.165, 1.54) is 6.08 Å². The van der Waals surface area contributed by atoms with Crippen molar-refractivity contribution in [2.24, 2.45) is 28.6 Å². The van der Waals surface area contributed by atoms with E-state index in [2.05, 4.69) is 39.4 Å². The predicted molar refractivity (Wildman–Crippen MR) is 126 cm³/mol. The Kier molecular flexibility index (Phi) is 7.46. The molecule has 32 heavy (non-hydrogen) atoms. The number of rotatable bonds is 5. The maximum atomic E-state index is 13.3. The van der Waals surface area contributed by atoms with Crippen LogP contribution in [0.2, 0.25) is 0 Å². The highest BCUT2D eigenvalue weighted by molar-refractivity contribution is 7.90. The minimum Gasteiger partial charge on any atom is -0.361 e. The molecule has 8 heteroatoms. The van der Waals surface area contributed by atoms with Gasteiger partial charge in [0.15, 0.2) is 0 Å². The summed E-state index contributed by atoms with van der Waals surface area (Å²) >= 11 is 6.25. The number of carbonyl (C=O) groups is 1. The molecule has 2 fully saturated rings. The van der Waals surface area contributed by atoms with Gasteiger partial charge >= 0.3 is 5.71 Å². The van der Waals surface area contributed by atoms with Crippen molar-refractivity contribution in [3.8, 4) is 0 Å². The van der Waals surface area contributed by atoms with Gasteiger partial charge in [0.1, 0.15) is 0 Å². The van der Waals surface area contributed by atoms with E-state index < -0.39 is 22.0 Å². The third-order valence-electron chi connectivity index (χ3n) is 7.44. The lowest BCUT2D eigenvalue weighted by molar-refractivity contribution is -0.122. The van der Waals surface area contributed by atoms with E-state index in [1.807, 2.05) is 0 Å². The molecule has 3 rings (SSSR count). The molecule has 0 radical (unpaired) electrons. The fraction of sp³-hybridized carbons (Fsp3) is 0.833. The Morgan fingerprint density at radius 2 is 1.69 bits per heavy atom. The Balaban J connectivity index is 1.71. The zero-order valence-electron chi connectivity index (χ0n) is 19.9. The number of halogens is 1. The van der Waals surface area contributed by atoms with E-state index in [0.717, 1.165) is 19.3 Å². The molecule has 0 saturated heterocycles. The number of ketones is 1. The minimum absolute atomic E-state index is 0.0636. The molecule has 6 nitrogen and oxygen atoms in total. The highest BCUT2D eigenvalue weighted by atomic mass is 35.5. The molecule has 3 atom stereocenters. The Hall–Kier alpha value is -1.01. The molecule has 0 N–H and O–H groups in total. The molecule has 3 aliphatic rings.